The quantitative estimate of drug-likeness (QED) is 0.757. The number of ether oxygens (including phenoxy) is 2. The molecule has 0 aliphatic carbocycles. The monoisotopic (exact) mass is 230 g/mol. The van der Waals surface area contributed by atoms with Gasteiger partial charge in [0.1, 0.15) is 5.69 Å². The van der Waals surface area contributed by atoms with E-state index >= 15 is 0 Å². The van der Waals surface area contributed by atoms with E-state index in [-0.39, 0.29) is 0 Å². The van der Waals surface area contributed by atoms with Crippen LogP contribution in [0.3, 0.4) is 0 Å². The fourth-order valence-corrected chi connectivity index (χ4v) is 1.57. The van der Waals surface area contributed by atoms with Crippen LogP contribution in [0.15, 0.2) is 42.6 Å². The van der Waals surface area contributed by atoms with Gasteiger partial charge in [0.05, 0.1) is 0 Å². The summed E-state index contributed by atoms with van der Waals surface area (Å²) in [5.74, 6) is 0.669. The van der Waals surface area contributed by atoms with Crippen molar-refractivity contribution in [3.8, 4) is 11.4 Å². The Labute approximate surface area is 100 Å². The number of hydrogen-bond acceptors (Lipinski definition) is 4. The van der Waals surface area contributed by atoms with Crippen molar-refractivity contribution in [2.45, 2.75) is 6.29 Å². The normalized spacial score (nSPS) is 10.8. The van der Waals surface area contributed by atoms with E-state index in [0.717, 1.165) is 5.56 Å². The standard InChI is InChI=1S/C13H14N2O2/c1-16-13(17-2)11-8-9-14-12(15-11)10-6-4-3-5-7-10/h3-9,13H,1-2H3. The van der Waals surface area contributed by atoms with Crippen LogP contribution < -0.4 is 0 Å². The second-order valence-electron chi connectivity index (χ2n) is 3.47. The Morgan fingerprint density at radius 2 is 1.71 bits per heavy atom. The summed E-state index contributed by atoms with van der Waals surface area (Å²) in [5, 5.41) is 0. The summed E-state index contributed by atoms with van der Waals surface area (Å²) in [6.07, 6.45) is 1.25. The highest BCUT2D eigenvalue weighted by molar-refractivity contribution is 5.54. The molecule has 1 aromatic heterocycles. The Morgan fingerprint density at radius 3 is 2.35 bits per heavy atom. The molecule has 0 unspecified atom stereocenters. The average molecular weight is 230 g/mol. The first-order chi connectivity index (χ1) is 8.35. The lowest BCUT2D eigenvalue weighted by molar-refractivity contribution is -0.108. The third kappa shape index (κ3) is 2.67. The van der Waals surface area contributed by atoms with Gasteiger partial charge >= 0.3 is 0 Å². The minimum atomic E-state index is -0.458. The summed E-state index contributed by atoms with van der Waals surface area (Å²) in [6, 6.07) is 11.6. The number of methoxy groups -OCH3 is 2. The van der Waals surface area contributed by atoms with Crippen LogP contribution in [-0.2, 0) is 9.47 Å². The van der Waals surface area contributed by atoms with Gasteiger partial charge in [0.2, 0.25) is 6.29 Å². The first-order valence-electron chi connectivity index (χ1n) is 5.29. The predicted octanol–water partition coefficient (Wildman–Crippen LogP) is 2.44. The van der Waals surface area contributed by atoms with Crippen LogP contribution in [0.2, 0.25) is 0 Å². The predicted molar refractivity (Wildman–Crippen MR) is 64.2 cm³/mol. The molecule has 0 spiro atoms. The molecule has 0 radical (unpaired) electrons. The minimum Gasteiger partial charge on any atom is -0.350 e. The van der Waals surface area contributed by atoms with Crippen LogP contribution >= 0.6 is 0 Å². The van der Waals surface area contributed by atoms with Crippen molar-refractivity contribution in [3.63, 3.8) is 0 Å². The lowest BCUT2D eigenvalue weighted by atomic mass is 10.2. The third-order valence-electron chi connectivity index (χ3n) is 2.38. The van der Waals surface area contributed by atoms with Crippen LogP contribution in [0, 0.1) is 0 Å². The first kappa shape index (κ1) is 11.7. The summed E-state index contributed by atoms with van der Waals surface area (Å²) >= 11 is 0. The fraction of sp³-hybridized carbons (Fsp3) is 0.231. The Bertz CT molecular complexity index is 470. The van der Waals surface area contributed by atoms with Gasteiger partial charge in [-0.05, 0) is 6.07 Å². The highest BCUT2D eigenvalue weighted by atomic mass is 16.7. The van der Waals surface area contributed by atoms with Gasteiger partial charge in [-0.1, -0.05) is 30.3 Å². The third-order valence-corrected chi connectivity index (χ3v) is 2.38. The maximum Gasteiger partial charge on any atom is 0.200 e. The van der Waals surface area contributed by atoms with E-state index in [4.69, 9.17) is 9.47 Å². The second kappa shape index (κ2) is 5.52. The van der Waals surface area contributed by atoms with Crippen molar-refractivity contribution in [1.82, 2.24) is 9.97 Å². The summed E-state index contributed by atoms with van der Waals surface area (Å²) in [4.78, 5) is 8.66. The van der Waals surface area contributed by atoms with Crippen molar-refractivity contribution in [2.75, 3.05) is 14.2 Å². The van der Waals surface area contributed by atoms with Crippen molar-refractivity contribution < 1.29 is 9.47 Å². The molecule has 0 atom stereocenters. The molecule has 0 fully saturated rings. The van der Waals surface area contributed by atoms with Crippen LogP contribution in [-0.4, -0.2) is 24.2 Å². The van der Waals surface area contributed by atoms with Gasteiger partial charge < -0.3 is 9.47 Å². The van der Waals surface area contributed by atoms with E-state index in [9.17, 15) is 0 Å². The number of hydrogen-bond donors (Lipinski definition) is 0. The van der Waals surface area contributed by atoms with Gasteiger partial charge in [-0.15, -0.1) is 0 Å². The number of nitrogens with zero attached hydrogens (tertiary/aromatic N) is 2. The van der Waals surface area contributed by atoms with Crippen molar-refractivity contribution in [3.05, 3.63) is 48.3 Å². The molecule has 1 heterocycles. The molecule has 2 rings (SSSR count). The van der Waals surface area contributed by atoms with E-state index in [0.29, 0.717) is 11.5 Å². The largest absolute Gasteiger partial charge is 0.350 e. The van der Waals surface area contributed by atoms with Crippen molar-refractivity contribution >= 4 is 0 Å². The number of aromatic nitrogens is 2. The molecule has 17 heavy (non-hydrogen) atoms. The molecule has 4 nitrogen and oxygen atoms in total. The molecule has 0 saturated carbocycles. The summed E-state index contributed by atoms with van der Waals surface area (Å²) in [5.41, 5.74) is 1.68. The van der Waals surface area contributed by atoms with Gasteiger partial charge in [0.25, 0.3) is 0 Å². The SMILES string of the molecule is COC(OC)c1ccnc(-c2ccccc2)n1. The van der Waals surface area contributed by atoms with Crippen molar-refractivity contribution in [2.24, 2.45) is 0 Å². The summed E-state index contributed by atoms with van der Waals surface area (Å²) < 4.78 is 10.3. The molecular weight excluding hydrogens is 216 g/mol. The Morgan fingerprint density at radius 1 is 1.00 bits per heavy atom. The average Bonchev–Trinajstić information content (AvgIpc) is 2.42. The Balaban J connectivity index is 2.35. The lowest BCUT2D eigenvalue weighted by Gasteiger charge is -2.12. The van der Waals surface area contributed by atoms with Gasteiger partial charge in [0, 0.05) is 26.0 Å². The second-order valence-corrected chi connectivity index (χ2v) is 3.47. The molecule has 4 heteroatoms. The van der Waals surface area contributed by atoms with E-state index in [1.807, 2.05) is 30.3 Å². The first-order valence-corrected chi connectivity index (χ1v) is 5.29. The van der Waals surface area contributed by atoms with Gasteiger partial charge in [-0.25, -0.2) is 9.97 Å². The molecular formula is C13H14N2O2. The molecule has 0 aliphatic rings. The molecule has 88 valence electrons. The van der Waals surface area contributed by atoms with Crippen LogP contribution in [0.25, 0.3) is 11.4 Å². The zero-order chi connectivity index (χ0) is 12.1. The Hall–Kier alpha value is -1.78. The van der Waals surface area contributed by atoms with Crippen LogP contribution in [0.5, 0.6) is 0 Å². The van der Waals surface area contributed by atoms with Gasteiger partial charge in [-0.3, -0.25) is 0 Å². The number of rotatable bonds is 4. The van der Waals surface area contributed by atoms with Crippen LogP contribution in [0.4, 0.5) is 0 Å². The zero-order valence-electron chi connectivity index (χ0n) is 9.83. The van der Waals surface area contributed by atoms with Gasteiger partial charge in [-0.2, -0.15) is 0 Å². The fourth-order valence-electron chi connectivity index (χ4n) is 1.57. The van der Waals surface area contributed by atoms with E-state index < -0.39 is 6.29 Å². The molecule has 0 amide bonds. The number of benzene rings is 1. The maximum absolute atomic E-state index is 5.16. The summed E-state index contributed by atoms with van der Waals surface area (Å²) in [7, 11) is 3.16. The van der Waals surface area contributed by atoms with E-state index in [1.54, 1.807) is 26.5 Å². The Kier molecular flexibility index (Phi) is 3.80. The molecule has 2 aromatic rings. The maximum atomic E-state index is 5.16. The van der Waals surface area contributed by atoms with E-state index in [1.165, 1.54) is 0 Å². The minimum absolute atomic E-state index is 0.458. The lowest BCUT2D eigenvalue weighted by Crippen LogP contribution is -2.07. The smallest absolute Gasteiger partial charge is 0.200 e. The van der Waals surface area contributed by atoms with Gasteiger partial charge in [0.15, 0.2) is 5.82 Å². The highest BCUT2D eigenvalue weighted by Gasteiger charge is 2.11. The van der Waals surface area contributed by atoms with Crippen LogP contribution in [0.1, 0.15) is 12.0 Å². The molecule has 0 N–H and O–H groups in total. The molecule has 0 aliphatic heterocycles. The zero-order valence-corrected chi connectivity index (χ0v) is 9.83. The highest BCUT2D eigenvalue weighted by Crippen LogP contribution is 2.18. The van der Waals surface area contributed by atoms with Crippen molar-refractivity contribution in [1.29, 1.82) is 0 Å². The summed E-state index contributed by atoms with van der Waals surface area (Å²) in [6.45, 7) is 0. The topological polar surface area (TPSA) is 44.2 Å². The van der Waals surface area contributed by atoms with E-state index in [2.05, 4.69) is 9.97 Å². The molecule has 0 bridgehead atoms. The molecule has 0 saturated heterocycles. The molecule has 1 aromatic carbocycles.